The van der Waals surface area contributed by atoms with Gasteiger partial charge in [-0.05, 0) is 43.6 Å². The smallest absolute Gasteiger partial charge is 0.144 e. The molecule has 1 aromatic carbocycles. The van der Waals surface area contributed by atoms with E-state index >= 15 is 0 Å². The van der Waals surface area contributed by atoms with Gasteiger partial charge in [0.2, 0.25) is 0 Å². The molecule has 0 saturated heterocycles. The van der Waals surface area contributed by atoms with Crippen molar-refractivity contribution in [3.8, 4) is 11.5 Å². The molecule has 4 aliphatic rings. The van der Waals surface area contributed by atoms with Gasteiger partial charge in [-0.15, -0.1) is 0 Å². The van der Waals surface area contributed by atoms with Crippen LogP contribution in [0.2, 0.25) is 0 Å². The molecule has 130 valence electrons. The van der Waals surface area contributed by atoms with Crippen LogP contribution >= 0.6 is 0 Å². The fourth-order valence-corrected chi connectivity index (χ4v) is 7.27. The van der Waals surface area contributed by atoms with Crippen molar-refractivity contribution in [2.45, 2.75) is 58.3 Å². The average Bonchev–Trinajstić information content (AvgIpc) is 2.49. The van der Waals surface area contributed by atoms with Crippen molar-refractivity contribution < 1.29 is 14.3 Å². The van der Waals surface area contributed by atoms with Crippen molar-refractivity contribution in [3.05, 3.63) is 23.8 Å². The molecule has 0 amide bonds. The van der Waals surface area contributed by atoms with Gasteiger partial charge in [-0.1, -0.05) is 26.8 Å². The molecule has 3 nitrogen and oxygen atoms in total. The lowest BCUT2D eigenvalue weighted by atomic mass is 9.35. The Labute approximate surface area is 144 Å². The van der Waals surface area contributed by atoms with E-state index in [1.807, 2.05) is 12.1 Å². The quantitative estimate of drug-likeness (QED) is 0.818. The Hall–Kier alpha value is -1.51. The molecule has 4 aliphatic carbocycles. The Morgan fingerprint density at radius 1 is 0.875 bits per heavy atom. The summed E-state index contributed by atoms with van der Waals surface area (Å²) in [6, 6.07) is 6.19. The van der Waals surface area contributed by atoms with Crippen molar-refractivity contribution in [1.29, 1.82) is 0 Å². The van der Waals surface area contributed by atoms with Crippen molar-refractivity contribution >= 4 is 5.78 Å². The third-order valence-electron chi connectivity index (χ3n) is 6.93. The lowest BCUT2D eigenvalue weighted by molar-refractivity contribution is -0.179. The van der Waals surface area contributed by atoms with Crippen molar-refractivity contribution in [2.75, 3.05) is 14.2 Å². The van der Waals surface area contributed by atoms with Crippen LogP contribution in [0.15, 0.2) is 18.2 Å². The van der Waals surface area contributed by atoms with E-state index in [1.165, 1.54) is 5.56 Å². The number of ether oxygens (including phenoxy) is 2. The largest absolute Gasteiger partial charge is 0.497 e. The summed E-state index contributed by atoms with van der Waals surface area (Å²) in [6.45, 7) is 6.79. The van der Waals surface area contributed by atoms with E-state index in [2.05, 4.69) is 26.8 Å². The number of ketones is 1. The molecule has 0 spiro atoms. The summed E-state index contributed by atoms with van der Waals surface area (Å²) in [5, 5.41) is 0. The molecular weight excluding hydrogens is 300 g/mol. The van der Waals surface area contributed by atoms with Gasteiger partial charge >= 0.3 is 0 Å². The molecule has 24 heavy (non-hydrogen) atoms. The molecule has 0 N–H and O–H groups in total. The second-order valence-electron chi connectivity index (χ2n) is 9.49. The number of carbonyl (C=O) groups is 1. The molecular formula is C21H28O3. The first-order chi connectivity index (χ1) is 11.2. The minimum Gasteiger partial charge on any atom is -0.497 e. The maximum Gasteiger partial charge on any atom is 0.144 e. The maximum absolute atomic E-state index is 13.1. The molecule has 3 heteroatoms. The number of Topliss-reactive ketones (excluding diaryl/α,β-unsaturated/α-hetero) is 1. The van der Waals surface area contributed by atoms with Crippen LogP contribution in [0.1, 0.15) is 58.4 Å². The minimum atomic E-state index is -0.191. The van der Waals surface area contributed by atoms with E-state index in [0.717, 1.165) is 43.6 Å². The van der Waals surface area contributed by atoms with Gasteiger partial charge in [0.1, 0.15) is 17.3 Å². The summed E-state index contributed by atoms with van der Waals surface area (Å²) in [4.78, 5) is 13.1. The van der Waals surface area contributed by atoms with Crippen LogP contribution in [0.4, 0.5) is 0 Å². The van der Waals surface area contributed by atoms with Gasteiger partial charge in [0, 0.05) is 27.9 Å². The molecule has 0 aromatic heterocycles. The minimum absolute atomic E-state index is 0.0419. The van der Waals surface area contributed by atoms with Gasteiger partial charge in [-0.25, -0.2) is 0 Å². The molecule has 1 aromatic rings. The molecule has 0 aliphatic heterocycles. The number of hydrogen-bond donors (Lipinski definition) is 0. The fraction of sp³-hybridized carbons (Fsp3) is 0.667. The van der Waals surface area contributed by atoms with Crippen LogP contribution in [-0.4, -0.2) is 20.0 Å². The highest BCUT2D eigenvalue weighted by Gasteiger charge is 2.69. The molecule has 5 rings (SSSR count). The third-order valence-corrected chi connectivity index (χ3v) is 6.93. The number of carbonyl (C=O) groups excluding carboxylic acids is 1. The van der Waals surface area contributed by atoms with Crippen LogP contribution < -0.4 is 9.47 Å². The van der Waals surface area contributed by atoms with E-state index in [0.29, 0.717) is 5.78 Å². The first-order valence-electron chi connectivity index (χ1n) is 8.95. The molecule has 0 heterocycles. The van der Waals surface area contributed by atoms with E-state index in [4.69, 9.17) is 9.47 Å². The highest BCUT2D eigenvalue weighted by Crippen LogP contribution is 2.72. The Bertz CT molecular complexity index is 698. The number of methoxy groups -OCH3 is 2. The van der Waals surface area contributed by atoms with Crippen LogP contribution in [0, 0.1) is 16.2 Å². The summed E-state index contributed by atoms with van der Waals surface area (Å²) in [6.07, 6.45) is 5.13. The zero-order chi connectivity index (χ0) is 17.4. The monoisotopic (exact) mass is 328 g/mol. The maximum atomic E-state index is 13.1. The third kappa shape index (κ3) is 1.93. The Balaban J connectivity index is 1.89. The highest BCUT2D eigenvalue weighted by atomic mass is 16.5. The second kappa shape index (κ2) is 4.56. The van der Waals surface area contributed by atoms with Crippen molar-refractivity contribution in [2.24, 2.45) is 16.2 Å². The van der Waals surface area contributed by atoms with Crippen molar-refractivity contribution in [1.82, 2.24) is 0 Å². The van der Waals surface area contributed by atoms with E-state index < -0.39 is 0 Å². The molecule has 4 fully saturated rings. The Morgan fingerprint density at radius 3 is 2.04 bits per heavy atom. The first-order valence-corrected chi connectivity index (χ1v) is 8.95. The van der Waals surface area contributed by atoms with E-state index in [9.17, 15) is 4.79 Å². The van der Waals surface area contributed by atoms with Gasteiger partial charge in [-0.3, -0.25) is 4.79 Å². The van der Waals surface area contributed by atoms with Crippen LogP contribution in [-0.2, 0) is 10.2 Å². The lowest BCUT2D eigenvalue weighted by Gasteiger charge is -2.68. The first kappa shape index (κ1) is 16.0. The van der Waals surface area contributed by atoms with Gasteiger partial charge in [-0.2, -0.15) is 0 Å². The number of rotatable bonds is 3. The van der Waals surface area contributed by atoms with Crippen LogP contribution in [0.25, 0.3) is 0 Å². The van der Waals surface area contributed by atoms with Gasteiger partial charge < -0.3 is 9.47 Å². The summed E-state index contributed by atoms with van der Waals surface area (Å²) >= 11 is 0. The predicted molar refractivity (Wildman–Crippen MR) is 93.6 cm³/mol. The molecule has 0 radical (unpaired) electrons. The van der Waals surface area contributed by atoms with E-state index in [1.54, 1.807) is 14.2 Å². The standard InChI is InChI=1S/C21H28O3/c1-18-9-19(2)12-21(11-18,13-20(3,10-18)17(19)22)15-7-6-14(23-4)8-16(15)24-5/h6-8H,9-13H2,1-5H3/t18?,19-,20+,21?. The summed E-state index contributed by atoms with van der Waals surface area (Å²) in [5.41, 5.74) is 1.17. The highest BCUT2D eigenvalue weighted by molar-refractivity contribution is 5.92. The molecule has 4 bridgehead atoms. The summed E-state index contributed by atoms with van der Waals surface area (Å²) in [7, 11) is 3.41. The van der Waals surface area contributed by atoms with Gasteiger partial charge in [0.25, 0.3) is 0 Å². The average molecular weight is 328 g/mol. The van der Waals surface area contributed by atoms with Gasteiger partial charge in [0.15, 0.2) is 0 Å². The van der Waals surface area contributed by atoms with Gasteiger partial charge in [0.05, 0.1) is 14.2 Å². The zero-order valence-corrected chi connectivity index (χ0v) is 15.5. The number of benzene rings is 1. The number of hydrogen-bond acceptors (Lipinski definition) is 3. The summed E-state index contributed by atoms with van der Waals surface area (Å²) in [5.74, 6) is 2.22. The van der Waals surface area contributed by atoms with Crippen LogP contribution in [0.3, 0.4) is 0 Å². The predicted octanol–water partition coefficient (Wildman–Crippen LogP) is 4.52. The van der Waals surface area contributed by atoms with E-state index in [-0.39, 0.29) is 21.7 Å². The zero-order valence-electron chi connectivity index (χ0n) is 15.5. The summed E-state index contributed by atoms with van der Waals surface area (Å²) < 4.78 is 11.1. The Kier molecular flexibility index (Phi) is 3.04. The fourth-order valence-electron chi connectivity index (χ4n) is 7.27. The topological polar surface area (TPSA) is 35.5 Å². The van der Waals surface area contributed by atoms with Crippen molar-refractivity contribution in [3.63, 3.8) is 0 Å². The molecule has 4 atom stereocenters. The lowest BCUT2D eigenvalue weighted by Crippen LogP contribution is -2.65. The Morgan fingerprint density at radius 2 is 1.50 bits per heavy atom. The normalized spacial score (nSPS) is 43.1. The second-order valence-corrected chi connectivity index (χ2v) is 9.49. The SMILES string of the molecule is COc1ccc(C23CC4(C)C[C@@](C)(C2)C(=O)[C@](C)(C4)C3)c(OC)c1. The molecule has 4 saturated carbocycles. The van der Waals surface area contributed by atoms with Crippen LogP contribution in [0.5, 0.6) is 11.5 Å². The molecule has 2 unspecified atom stereocenters.